The predicted octanol–water partition coefficient (Wildman–Crippen LogP) is 26.6. The summed E-state index contributed by atoms with van der Waals surface area (Å²) in [5, 5.41) is 10.7. The van der Waals surface area contributed by atoms with Gasteiger partial charge in [0, 0.05) is 25.7 Å². The van der Waals surface area contributed by atoms with Crippen molar-refractivity contribution in [3.63, 3.8) is 0 Å². The fourth-order valence-electron chi connectivity index (χ4n) is 13.6. The lowest BCUT2D eigenvalue weighted by Gasteiger charge is -2.21. The van der Waals surface area contributed by atoms with E-state index in [-0.39, 0.29) is 25.7 Å². The molecule has 0 aliphatic rings. The maximum Gasteiger partial charge on any atom is 0.472 e. The number of rotatable bonds is 86. The van der Waals surface area contributed by atoms with E-state index in [2.05, 4.69) is 41.5 Å². The van der Waals surface area contributed by atoms with Crippen molar-refractivity contribution in [3.05, 3.63) is 0 Å². The van der Waals surface area contributed by atoms with Crippen LogP contribution in [0.25, 0.3) is 0 Å². The van der Waals surface area contributed by atoms with E-state index >= 15 is 0 Å². The average Bonchev–Trinajstić information content (AvgIpc) is 0.903. The molecule has 0 radical (unpaired) electrons. The number of aliphatic hydroxyl groups is 1. The third-order valence-corrected chi connectivity index (χ3v) is 22.4. The van der Waals surface area contributed by atoms with Crippen molar-refractivity contribution in [2.24, 2.45) is 11.8 Å². The number of ether oxygens (including phenoxy) is 4. The highest BCUT2D eigenvalue weighted by Crippen LogP contribution is 2.45. The van der Waals surface area contributed by atoms with Gasteiger partial charge in [0.25, 0.3) is 0 Å². The average molecular weight is 1550 g/mol. The number of unbranched alkanes of at least 4 members (excludes halogenated alkanes) is 56. The molecule has 2 unspecified atom stereocenters. The van der Waals surface area contributed by atoms with Gasteiger partial charge < -0.3 is 33.8 Å². The molecule has 0 fully saturated rings. The van der Waals surface area contributed by atoms with Gasteiger partial charge in [0.15, 0.2) is 12.2 Å². The first kappa shape index (κ1) is 104. The molecule has 19 heteroatoms. The van der Waals surface area contributed by atoms with Gasteiger partial charge in [-0.25, -0.2) is 9.13 Å². The number of carbonyl (C=O) groups is 4. The Bertz CT molecular complexity index is 2030. The Morgan fingerprint density at radius 1 is 0.255 bits per heavy atom. The van der Waals surface area contributed by atoms with E-state index in [9.17, 15) is 43.2 Å². The Kier molecular flexibility index (Phi) is 76.9. The minimum absolute atomic E-state index is 0.108. The smallest absolute Gasteiger partial charge is 0.462 e. The summed E-state index contributed by atoms with van der Waals surface area (Å²) in [7, 11) is -9.92. The first-order valence-electron chi connectivity index (χ1n) is 45.0. The summed E-state index contributed by atoms with van der Waals surface area (Å²) in [5.41, 5.74) is 0. The Hall–Kier alpha value is -1.94. The molecule has 0 rings (SSSR count). The number of phosphoric acid groups is 2. The molecule has 17 nitrogen and oxygen atoms in total. The van der Waals surface area contributed by atoms with Crippen LogP contribution < -0.4 is 0 Å². The zero-order chi connectivity index (χ0) is 77.8. The van der Waals surface area contributed by atoms with Crippen LogP contribution in [0.15, 0.2) is 0 Å². The molecule has 0 saturated heterocycles. The normalized spacial score (nSPS) is 13.8. The van der Waals surface area contributed by atoms with Crippen LogP contribution in [0.5, 0.6) is 0 Å². The Balaban J connectivity index is 5.15. The van der Waals surface area contributed by atoms with Crippen LogP contribution in [0.4, 0.5) is 0 Å². The van der Waals surface area contributed by atoms with Gasteiger partial charge in [-0.2, -0.15) is 0 Å². The number of hydrogen-bond donors (Lipinski definition) is 3. The summed E-state index contributed by atoms with van der Waals surface area (Å²) in [6.07, 6.45) is 71.1. The zero-order valence-electron chi connectivity index (χ0n) is 69.7. The summed E-state index contributed by atoms with van der Waals surface area (Å²) in [5.74, 6) is -0.484. The molecule has 0 aromatic carbocycles. The van der Waals surface area contributed by atoms with Crippen molar-refractivity contribution in [2.75, 3.05) is 39.6 Å². The fourth-order valence-corrected chi connectivity index (χ4v) is 15.2. The van der Waals surface area contributed by atoms with Gasteiger partial charge in [-0.05, 0) is 37.5 Å². The van der Waals surface area contributed by atoms with E-state index in [1.807, 2.05) is 0 Å². The molecular weight excluding hydrogens is 1380 g/mol. The molecule has 0 aromatic heterocycles. The quantitative estimate of drug-likeness (QED) is 0.0222. The number of carbonyl (C=O) groups excluding carboxylic acids is 4. The highest BCUT2D eigenvalue weighted by molar-refractivity contribution is 7.47. The third kappa shape index (κ3) is 80.1. The van der Waals surface area contributed by atoms with E-state index in [0.29, 0.717) is 25.7 Å². The van der Waals surface area contributed by atoms with E-state index in [0.717, 1.165) is 115 Å². The lowest BCUT2D eigenvalue weighted by Crippen LogP contribution is -2.30. The van der Waals surface area contributed by atoms with E-state index in [1.54, 1.807) is 0 Å². The van der Waals surface area contributed by atoms with Crippen LogP contribution in [0.1, 0.15) is 465 Å². The van der Waals surface area contributed by atoms with Crippen molar-refractivity contribution in [3.8, 4) is 0 Å². The van der Waals surface area contributed by atoms with Gasteiger partial charge >= 0.3 is 39.5 Å². The second kappa shape index (κ2) is 78.3. The Morgan fingerprint density at radius 2 is 0.434 bits per heavy atom. The van der Waals surface area contributed by atoms with Gasteiger partial charge in [-0.3, -0.25) is 37.3 Å². The van der Waals surface area contributed by atoms with E-state index in [4.69, 9.17) is 37.0 Å². The molecule has 0 aliphatic carbocycles. The first-order valence-corrected chi connectivity index (χ1v) is 48.0. The molecule has 0 amide bonds. The Labute approximate surface area is 651 Å². The maximum atomic E-state index is 13.1. The van der Waals surface area contributed by atoms with Crippen LogP contribution >= 0.6 is 15.6 Å². The standard InChI is InChI=1S/C87H170O17P2/c1-7-9-11-13-15-16-17-18-19-20-21-22-23-24-32-37-42-47-53-59-66-72-87(92)104-83(76-98-85(90)70-64-58-52-46-41-36-31-27-25-29-34-39-44-50-55-61-67-79(3)4)78-102-106(95,96)100-74-81(88)73-99-105(93,94)101-77-82(75-97-84(89)69-63-57-49-14-12-10-8-2)103-86(91)71-65-60-54-48-43-38-33-28-26-30-35-40-45-51-56-62-68-80(5)6/h79-83,88H,7-78H2,1-6H3,(H,93,94)(H,95,96)/t81-,82+,83+/m0/s1. The predicted molar refractivity (Wildman–Crippen MR) is 437 cm³/mol. The molecule has 630 valence electrons. The highest BCUT2D eigenvalue weighted by atomic mass is 31.2. The van der Waals surface area contributed by atoms with Crippen molar-refractivity contribution in [1.29, 1.82) is 0 Å². The summed E-state index contributed by atoms with van der Waals surface area (Å²) < 4.78 is 68.8. The number of hydrogen-bond acceptors (Lipinski definition) is 15. The molecule has 0 aliphatic heterocycles. The summed E-state index contributed by atoms with van der Waals surface area (Å²) >= 11 is 0. The number of esters is 4. The lowest BCUT2D eigenvalue weighted by atomic mass is 10.0. The second-order valence-corrected chi connectivity index (χ2v) is 35.1. The number of phosphoric ester groups is 2. The monoisotopic (exact) mass is 1550 g/mol. The van der Waals surface area contributed by atoms with Gasteiger partial charge in [0.1, 0.15) is 19.3 Å². The van der Waals surface area contributed by atoms with Crippen molar-refractivity contribution in [1.82, 2.24) is 0 Å². The zero-order valence-corrected chi connectivity index (χ0v) is 71.5. The highest BCUT2D eigenvalue weighted by Gasteiger charge is 2.30. The van der Waals surface area contributed by atoms with Crippen LogP contribution in [-0.2, 0) is 65.4 Å². The van der Waals surface area contributed by atoms with Crippen LogP contribution in [0.3, 0.4) is 0 Å². The third-order valence-electron chi connectivity index (χ3n) is 20.5. The molecule has 0 bridgehead atoms. The van der Waals surface area contributed by atoms with Crippen LogP contribution in [0.2, 0.25) is 0 Å². The van der Waals surface area contributed by atoms with Gasteiger partial charge in [-0.1, -0.05) is 414 Å². The molecule has 0 aromatic rings. The largest absolute Gasteiger partial charge is 0.472 e. The second-order valence-electron chi connectivity index (χ2n) is 32.2. The summed E-state index contributed by atoms with van der Waals surface area (Å²) in [6.45, 7) is 9.69. The fraction of sp³-hybridized carbons (Fsp3) is 0.954. The first-order chi connectivity index (χ1) is 51.4. The van der Waals surface area contributed by atoms with Gasteiger partial charge in [0.2, 0.25) is 0 Å². The molecule has 3 N–H and O–H groups in total. The van der Waals surface area contributed by atoms with Crippen LogP contribution in [0, 0.1) is 11.8 Å². The molecule has 106 heavy (non-hydrogen) atoms. The van der Waals surface area contributed by atoms with E-state index in [1.165, 1.54) is 270 Å². The van der Waals surface area contributed by atoms with Crippen LogP contribution in [-0.4, -0.2) is 96.7 Å². The lowest BCUT2D eigenvalue weighted by molar-refractivity contribution is -0.161. The van der Waals surface area contributed by atoms with Gasteiger partial charge in [0.05, 0.1) is 26.4 Å². The maximum absolute atomic E-state index is 13.1. The SMILES string of the molecule is CCCCCCCCCCCCCCCCCCCCCCCC(=O)O[C@H](COC(=O)CCCCCCCCCCCCCCCCCCC(C)C)COP(=O)(O)OC[C@@H](O)COP(=O)(O)OC[C@@H](COC(=O)CCCCCCCCC)OC(=O)CCCCCCCCCCCCCCCCCCC(C)C. The van der Waals surface area contributed by atoms with Crippen molar-refractivity contribution in [2.45, 2.75) is 484 Å². The topological polar surface area (TPSA) is 237 Å². The molecule has 0 heterocycles. The molecule has 0 saturated carbocycles. The van der Waals surface area contributed by atoms with Crippen molar-refractivity contribution < 1.29 is 80.2 Å². The van der Waals surface area contributed by atoms with Crippen molar-refractivity contribution >= 4 is 39.5 Å². The summed E-state index contributed by atoms with van der Waals surface area (Å²) in [6, 6.07) is 0. The van der Waals surface area contributed by atoms with E-state index < -0.39 is 97.5 Å². The molecule has 0 spiro atoms. The minimum Gasteiger partial charge on any atom is -0.462 e. The minimum atomic E-state index is -4.96. The summed E-state index contributed by atoms with van der Waals surface area (Å²) in [4.78, 5) is 73.1. The van der Waals surface area contributed by atoms with Gasteiger partial charge in [-0.15, -0.1) is 0 Å². The number of aliphatic hydroxyl groups excluding tert-OH is 1. The Morgan fingerprint density at radius 3 is 0.642 bits per heavy atom. The molecule has 5 atom stereocenters. The molecular formula is C87H170O17P2.